The summed E-state index contributed by atoms with van der Waals surface area (Å²) in [5.41, 5.74) is 5.56. The first-order valence-corrected chi connectivity index (χ1v) is 10.3. The molecule has 8 heteroatoms. The van der Waals surface area contributed by atoms with E-state index in [4.69, 9.17) is 18.9 Å². The number of rotatable bonds is 4. The van der Waals surface area contributed by atoms with Gasteiger partial charge in [0, 0.05) is 10.9 Å². The quantitative estimate of drug-likeness (QED) is 0.367. The third-order valence-electron chi connectivity index (χ3n) is 5.54. The molecule has 0 aliphatic carbocycles. The van der Waals surface area contributed by atoms with Crippen LogP contribution < -0.4 is 10.5 Å². The first kappa shape index (κ1) is 22.4. The fraction of sp³-hybridized carbons (Fsp3) is 0.154. The number of methoxy groups -OCH3 is 1. The Hall–Kier alpha value is -4.82. The van der Waals surface area contributed by atoms with Gasteiger partial charge in [0.1, 0.15) is 17.0 Å². The van der Waals surface area contributed by atoms with Crippen molar-refractivity contribution in [3.63, 3.8) is 0 Å². The lowest BCUT2D eigenvalue weighted by atomic mass is 10.0. The van der Waals surface area contributed by atoms with Crippen molar-refractivity contribution in [1.29, 1.82) is 5.26 Å². The van der Waals surface area contributed by atoms with Crippen molar-refractivity contribution >= 4 is 22.0 Å². The first-order chi connectivity index (χ1) is 16.5. The van der Waals surface area contributed by atoms with Gasteiger partial charge >= 0.3 is 5.76 Å². The number of nitriles is 1. The van der Waals surface area contributed by atoms with Gasteiger partial charge in [0.15, 0.2) is 5.58 Å². The summed E-state index contributed by atoms with van der Waals surface area (Å²) >= 11 is 0. The van der Waals surface area contributed by atoms with E-state index < -0.39 is 5.76 Å². The highest BCUT2D eigenvalue weighted by Gasteiger charge is 2.20. The van der Waals surface area contributed by atoms with Crippen LogP contribution in [-0.4, -0.2) is 21.8 Å². The maximum atomic E-state index is 12.7. The molecule has 5 aromatic rings. The average Bonchev–Trinajstić information content (AvgIpc) is 3.37. The fourth-order valence-electron chi connectivity index (χ4n) is 4.02. The predicted molar refractivity (Wildman–Crippen MR) is 127 cm³/mol. The van der Waals surface area contributed by atoms with Gasteiger partial charge in [-0.1, -0.05) is 17.3 Å². The highest BCUT2D eigenvalue weighted by molar-refractivity contribution is 6.04. The number of terminal acetylenes is 1. The summed E-state index contributed by atoms with van der Waals surface area (Å²) < 4.78 is 18.0. The molecule has 168 valence electrons. The molecule has 0 saturated heterocycles. The van der Waals surface area contributed by atoms with Gasteiger partial charge in [-0.15, -0.1) is 12.8 Å². The van der Waals surface area contributed by atoms with Gasteiger partial charge in [0.2, 0.25) is 0 Å². The summed E-state index contributed by atoms with van der Waals surface area (Å²) in [6.45, 7) is 4.02. The molecule has 34 heavy (non-hydrogen) atoms. The van der Waals surface area contributed by atoms with E-state index in [1.54, 1.807) is 30.0 Å². The van der Waals surface area contributed by atoms with Gasteiger partial charge in [-0.05, 0) is 43.7 Å². The molecule has 0 aliphatic heterocycles. The summed E-state index contributed by atoms with van der Waals surface area (Å²) in [5, 5.41) is 13.8. The highest BCUT2D eigenvalue weighted by atomic mass is 16.5. The standard InChI is InChI=1S/C24H18N4O4.C2H2/c1-13-22(14(2)32-27-13)18-8-19-17(9-20(18)30-3)23-21(11-26-19)31-24(29)28(23)12-16-6-4-15(10-25)5-7-16;1-2/h4-9,11H,12H2,1-3H3;1-2H. The number of hydrogen-bond donors (Lipinski definition) is 0. The Kier molecular flexibility index (Phi) is 5.90. The Morgan fingerprint density at radius 2 is 1.91 bits per heavy atom. The zero-order chi connectivity index (χ0) is 24.4. The molecule has 0 unspecified atom stereocenters. The second-order valence-corrected chi connectivity index (χ2v) is 7.50. The minimum absolute atomic E-state index is 0.296. The van der Waals surface area contributed by atoms with Crippen LogP contribution in [0.4, 0.5) is 0 Å². The van der Waals surface area contributed by atoms with Gasteiger partial charge < -0.3 is 13.7 Å². The molecule has 0 N–H and O–H groups in total. The maximum absolute atomic E-state index is 12.7. The van der Waals surface area contributed by atoms with Crippen molar-refractivity contribution in [1.82, 2.24) is 14.7 Å². The lowest BCUT2D eigenvalue weighted by molar-refractivity contribution is 0.393. The molecule has 0 aliphatic rings. The minimum atomic E-state index is -0.479. The van der Waals surface area contributed by atoms with Crippen molar-refractivity contribution < 1.29 is 13.7 Å². The molecule has 0 bridgehead atoms. The molecule has 8 nitrogen and oxygen atoms in total. The van der Waals surface area contributed by atoms with Crippen molar-refractivity contribution in [3.8, 4) is 35.8 Å². The van der Waals surface area contributed by atoms with E-state index in [2.05, 4.69) is 29.1 Å². The average molecular weight is 452 g/mol. The SMILES string of the molecule is C#C.COc1cc2c(cc1-c1c(C)noc1C)ncc1oc(=O)n(Cc3ccc(C#N)cc3)c12. The third-order valence-corrected chi connectivity index (χ3v) is 5.54. The monoisotopic (exact) mass is 452 g/mol. The van der Waals surface area contributed by atoms with Crippen LogP contribution in [0.2, 0.25) is 0 Å². The summed E-state index contributed by atoms with van der Waals surface area (Å²) in [6.07, 6.45) is 9.55. The third kappa shape index (κ3) is 3.68. The summed E-state index contributed by atoms with van der Waals surface area (Å²) in [7, 11) is 1.59. The van der Waals surface area contributed by atoms with E-state index in [1.807, 2.05) is 38.1 Å². The largest absolute Gasteiger partial charge is 0.496 e. The van der Waals surface area contributed by atoms with Crippen molar-refractivity contribution in [2.45, 2.75) is 20.4 Å². The molecule has 2 aromatic carbocycles. The Morgan fingerprint density at radius 1 is 1.18 bits per heavy atom. The van der Waals surface area contributed by atoms with Gasteiger partial charge in [0.05, 0.1) is 48.3 Å². The molecule has 5 rings (SSSR count). The van der Waals surface area contributed by atoms with Gasteiger partial charge in [0.25, 0.3) is 0 Å². The molecule has 3 heterocycles. The van der Waals surface area contributed by atoms with E-state index in [-0.39, 0.29) is 0 Å². The van der Waals surface area contributed by atoms with Crippen LogP contribution in [0, 0.1) is 38.0 Å². The minimum Gasteiger partial charge on any atom is -0.496 e. The maximum Gasteiger partial charge on any atom is 0.420 e. The van der Waals surface area contributed by atoms with E-state index >= 15 is 0 Å². The van der Waals surface area contributed by atoms with Gasteiger partial charge in [-0.2, -0.15) is 5.26 Å². The second kappa shape index (κ2) is 8.97. The Labute approximate surface area is 195 Å². The molecular weight excluding hydrogens is 432 g/mol. The van der Waals surface area contributed by atoms with Crippen LogP contribution in [0.25, 0.3) is 33.1 Å². The van der Waals surface area contributed by atoms with E-state index in [0.29, 0.717) is 40.2 Å². The number of aromatic nitrogens is 3. The van der Waals surface area contributed by atoms with Crippen molar-refractivity contribution in [2.75, 3.05) is 7.11 Å². The molecule has 3 aromatic heterocycles. The molecule has 0 saturated carbocycles. The number of benzene rings is 2. The summed E-state index contributed by atoms with van der Waals surface area (Å²) in [4.78, 5) is 17.2. The summed E-state index contributed by atoms with van der Waals surface area (Å²) in [5.74, 6) is 0.814. The van der Waals surface area contributed by atoms with Gasteiger partial charge in [-0.25, -0.2) is 4.79 Å². The fourth-order valence-corrected chi connectivity index (χ4v) is 4.02. The highest BCUT2D eigenvalue weighted by Crippen LogP contribution is 2.38. The smallest absolute Gasteiger partial charge is 0.420 e. The van der Waals surface area contributed by atoms with Gasteiger partial charge in [-0.3, -0.25) is 9.55 Å². The number of hydrogen-bond acceptors (Lipinski definition) is 7. The van der Waals surface area contributed by atoms with E-state index in [1.165, 1.54) is 0 Å². The summed E-state index contributed by atoms with van der Waals surface area (Å²) in [6, 6.07) is 13.0. The second-order valence-electron chi connectivity index (χ2n) is 7.50. The topological polar surface area (TPSA) is 107 Å². The van der Waals surface area contributed by atoms with Crippen LogP contribution in [-0.2, 0) is 6.54 Å². The molecule has 0 radical (unpaired) electrons. The first-order valence-electron chi connectivity index (χ1n) is 10.3. The van der Waals surface area contributed by atoms with Crippen molar-refractivity contribution in [2.24, 2.45) is 0 Å². The zero-order valence-corrected chi connectivity index (χ0v) is 18.8. The number of aryl methyl sites for hydroxylation is 2. The molecular formula is C26H20N4O4. The molecule has 0 spiro atoms. The normalized spacial score (nSPS) is 10.6. The lowest BCUT2D eigenvalue weighted by Crippen LogP contribution is -2.15. The number of nitrogens with zero attached hydrogens (tertiary/aromatic N) is 4. The lowest BCUT2D eigenvalue weighted by Gasteiger charge is -2.11. The van der Waals surface area contributed by atoms with E-state index in [0.717, 1.165) is 27.8 Å². The number of oxazole rings is 1. The Balaban J connectivity index is 0.00000133. The van der Waals surface area contributed by atoms with Crippen LogP contribution >= 0.6 is 0 Å². The number of pyridine rings is 1. The predicted octanol–water partition coefficient (Wildman–Crippen LogP) is 4.59. The van der Waals surface area contributed by atoms with Crippen LogP contribution in [0.3, 0.4) is 0 Å². The molecule has 0 amide bonds. The Morgan fingerprint density at radius 3 is 2.53 bits per heavy atom. The number of fused-ring (bicyclic) bond motifs is 3. The number of ether oxygens (including phenoxy) is 1. The Bertz CT molecular complexity index is 1610. The molecule has 0 fully saturated rings. The van der Waals surface area contributed by atoms with Crippen LogP contribution in [0.15, 0.2) is 56.3 Å². The van der Waals surface area contributed by atoms with E-state index in [9.17, 15) is 4.79 Å². The van der Waals surface area contributed by atoms with Crippen LogP contribution in [0.5, 0.6) is 5.75 Å². The van der Waals surface area contributed by atoms with Crippen molar-refractivity contribution in [3.05, 3.63) is 75.7 Å². The zero-order valence-electron chi connectivity index (χ0n) is 18.8. The van der Waals surface area contributed by atoms with Crippen LogP contribution in [0.1, 0.15) is 22.6 Å². The molecule has 0 atom stereocenters.